The summed E-state index contributed by atoms with van der Waals surface area (Å²) in [5.74, 6) is -7.79. The fourth-order valence-corrected chi connectivity index (χ4v) is 7.80. The summed E-state index contributed by atoms with van der Waals surface area (Å²) in [4.78, 5) is 68.5. The zero-order valence-electron chi connectivity index (χ0n) is 26.9. The number of phenols is 2. The zero-order chi connectivity index (χ0) is 36.1. The van der Waals surface area contributed by atoms with E-state index in [4.69, 9.17) is 24.7 Å². The molecule has 6 rings (SSSR count). The molecule has 0 saturated carbocycles. The van der Waals surface area contributed by atoms with Crippen LogP contribution in [0.4, 0.5) is 0 Å². The molecule has 4 unspecified atom stereocenters. The van der Waals surface area contributed by atoms with E-state index in [2.05, 4.69) is 5.32 Å². The van der Waals surface area contributed by atoms with Crippen molar-refractivity contribution >= 4 is 29.0 Å². The Morgan fingerprint density at radius 3 is 2.22 bits per heavy atom. The van der Waals surface area contributed by atoms with E-state index in [9.17, 15) is 49.5 Å². The van der Waals surface area contributed by atoms with Crippen LogP contribution >= 0.6 is 0 Å². The summed E-state index contributed by atoms with van der Waals surface area (Å²) in [5, 5.41) is 60.0. The number of hydrogen-bond donors (Lipinski definition) is 7. The lowest BCUT2D eigenvalue weighted by molar-refractivity contribution is -0.236. The standard InChI is InChI=1S/C33H34N2O14/c1-10-6-12-7-17(37)33(48-5)29(43)20-14(28(42)32(33,45)21(12)24(40)18(10)30(34)44)8-13-19(23(20)39)16(36)9-15(22(13)38)35-31-27(47-4)25(41)26(46-3)11(2)49-31/h6,8-9,11,17,25-27,31,35,37,39-41,45H,7H2,1-5H3,(H2,34,44)/t11-,17?,25+,26-,27?,31-,32?,33?/m0/s1. The summed E-state index contributed by atoms with van der Waals surface area (Å²) in [6.45, 7) is 3.04. The number of amides is 1. The molecule has 0 aromatic heterocycles. The fraction of sp³-hybridized carbons (Fsp3) is 0.424. The number of fused-ring (bicyclic) bond motifs is 5. The summed E-state index contributed by atoms with van der Waals surface area (Å²) < 4.78 is 22.0. The molecule has 1 heterocycles. The van der Waals surface area contributed by atoms with Gasteiger partial charge < -0.3 is 55.5 Å². The van der Waals surface area contributed by atoms with Crippen LogP contribution in [0.3, 0.4) is 0 Å². The van der Waals surface area contributed by atoms with Crippen molar-refractivity contribution in [3.05, 3.63) is 68.4 Å². The van der Waals surface area contributed by atoms with Crippen molar-refractivity contribution in [1.82, 2.24) is 5.32 Å². The Hall–Kier alpha value is -4.55. The molecule has 16 heteroatoms. The number of ether oxygens (including phenoxy) is 4. The van der Waals surface area contributed by atoms with Crippen LogP contribution in [0, 0.1) is 6.92 Å². The van der Waals surface area contributed by atoms with Gasteiger partial charge in [0.2, 0.25) is 17.3 Å². The smallest absolute Gasteiger partial charge is 0.252 e. The van der Waals surface area contributed by atoms with E-state index >= 15 is 0 Å². The average molecular weight is 683 g/mol. The number of carbonyl (C=O) groups is 5. The number of Topliss-reactive ketones (excluding diaryl/α,β-unsaturated/α-hetero) is 3. The fourth-order valence-electron chi connectivity index (χ4n) is 7.80. The summed E-state index contributed by atoms with van der Waals surface area (Å²) in [7, 11) is 3.57. The number of benzene rings is 2. The second kappa shape index (κ2) is 11.5. The van der Waals surface area contributed by atoms with Gasteiger partial charge in [0.15, 0.2) is 23.2 Å². The van der Waals surface area contributed by atoms with Crippen molar-refractivity contribution in [2.45, 2.75) is 68.2 Å². The Balaban J connectivity index is 1.51. The van der Waals surface area contributed by atoms with Crippen LogP contribution in [-0.4, -0.2) is 118 Å². The maximum atomic E-state index is 14.5. The SMILES string of the molecule is COC1[C@@H](NC2=CC(=O)c3c(cc4c(c3O)C(=O)C3(OC)C(O)Cc5cc(C)c(C(N)=O)c(O)c5C3(O)C4=O)C2=O)O[C@@H](C)[C@H](OC)[C@H]1O. The quantitative estimate of drug-likeness (QED) is 0.194. The van der Waals surface area contributed by atoms with Gasteiger partial charge in [-0.2, -0.15) is 0 Å². The van der Waals surface area contributed by atoms with Crippen LogP contribution in [0.15, 0.2) is 23.9 Å². The van der Waals surface area contributed by atoms with Gasteiger partial charge in [-0.15, -0.1) is 0 Å². The summed E-state index contributed by atoms with van der Waals surface area (Å²) >= 11 is 0. The minimum absolute atomic E-state index is 0.0116. The van der Waals surface area contributed by atoms with Gasteiger partial charge in [-0.3, -0.25) is 24.0 Å². The largest absolute Gasteiger partial charge is 0.507 e. The van der Waals surface area contributed by atoms with E-state index in [0.29, 0.717) is 0 Å². The topological polar surface area (TPSA) is 261 Å². The van der Waals surface area contributed by atoms with Crippen molar-refractivity contribution in [1.29, 1.82) is 0 Å². The Morgan fingerprint density at radius 2 is 1.63 bits per heavy atom. The maximum Gasteiger partial charge on any atom is 0.252 e. The number of ketones is 4. The Morgan fingerprint density at radius 1 is 0.980 bits per heavy atom. The second-order valence-electron chi connectivity index (χ2n) is 12.5. The normalized spacial score (nSPS) is 32.1. The van der Waals surface area contributed by atoms with Gasteiger partial charge in [0, 0.05) is 50.5 Å². The first-order chi connectivity index (χ1) is 23.0. The highest BCUT2D eigenvalue weighted by Crippen LogP contribution is 2.56. The maximum absolute atomic E-state index is 14.5. The molecule has 8 atom stereocenters. The molecule has 3 aliphatic carbocycles. The molecule has 49 heavy (non-hydrogen) atoms. The van der Waals surface area contributed by atoms with Gasteiger partial charge in [0.1, 0.15) is 29.8 Å². The first-order valence-corrected chi connectivity index (χ1v) is 15.1. The number of aliphatic hydroxyl groups excluding tert-OH is 2. The van der Waals surface area contributed by atoms with Crippen LogP contribution in [0.5, 0.6) is 11.5 Å². The molecule has 2 aromatic rings. The predicted molar refractivity (Wildman–Crippen MR) is 163 cm³/mol. The predicted octanol–water partition coefficient (Wildman–Crippen LogP) is -0.938. The average Bonchev–Trinajstić information content (AvgIpc) is 3.02. The zero-order valence-corrected chi connectivity index (χ0v) is 26.9. The third-order valence-electron chi connectivity index (χ3n) is 10.0. The van der Waals surface area contributed by atoms with Crippen molar-refractivity contribution in [3.63, 3.8) is 0 Å². The van der Waals surface area contributed by atoms with Crippen LogP contribution in [0.25, 0.3) is 0 Å². The highest BCUT2D eigenvalue weighted by atomic mass is 16.6. The number of rotatable bonds is 6. The molecule has 16 nitrogen and oxygen atoms in total. The molecule has 0 bridgehead atoms. The van der Waals surface area contributed by atoms with Crippen LogP contribution in [-0.2, 0) is 31.0 Å². The highest BCUT2D eigenvalue weighted by molar-refractivity contribution is 6.31. The molecule has 4 aliphatic rings. The summed E-state index contributed by atoms with van der Waals surface area (Å²) in [6.07, 6.45) is -6.56. The monoisotopic (exact) mass is 682 g/mol. The molecule has 2 aromatic carbocycles. The molecule has 1 saturated heterocycles. The number of aryl methyl sites for hydroxylation is 1. The number of carbonyl (C=O) groups excluding carboxylic acids is 5. The number of nitrogens with one attached hydrogen (secondary N) is 1. The number of allylic oxidation sites excluding steroid dienone is 2. The Kier molecular flexibility index (Phi) is 8.07. The number of hydrogen-bond acceptors (Lipinski definition) is 15. The number of aromatic hydroxyl groups is 2. The summed E-state index contributed by atoms with van der Waals surface area (Å²) in [6, 6.07) is 2.15. The number of methoxy groups -OCH3 is 3. The first-order valence-electron chi connectivity index (χ1n) is 15.1. The Labute approximate surface area is 278 Å². The number of phenolic OH excluding ortho intramolecular Hbond substituents is 1. The van der Waals surface area contributed by atoms with E-state index in [1.165, 1.54) is 27.2 Å². The van der Waals surface area contributed by atoms with Gasteiger partial charge in [-0.05, 0) is 31.0 Å². The molecule has 1 aliphatic heterocycles. The molecular weight excluding hydrogens is 648 g/mol. The minimum Gasteiger partial charge on any atom is -0.507 e. The van der Waals surface area contributed by atoms with E-state index < -0.39 is 128 Å². The minimum atomic E-state index is -3.23. The van der Waals surface area contributed by atoms with Gasteiger partial charge >= 0.3 is 0 Å². The van der Waals surface area contributed by atoms with Crippen LogP contribution in [0.1, 0.15) is 75.4 Å². The molecule has 0 radical (unpaired) electrons. The van der Waals surface area contributed by atoms with Crippen molar-refractivity contribution in [3.8, 4) is 11.5 Å². The molecule has 8 N–H and O–H groups in total. The first kappa shape index (κ1) is 34.3. The number of nitrogens with two attached hydrogens (primary N) is 1. The lowest BCUT2D eigenvalue weighted by atomic mass is 9.56. The van der Waals surface area contributed by atoms with E-state index in [0.717, 1.165) is 19.3 Å². The highest BCUT2D eigenvalue weighted by Gasteiger charge is 2.72. The molecule has 0 spiro atoms. The third-order valence-corrected chi connectivity index (χ3v) is 10.0. The van der Waals surface area contributed by atoms with Crippen molar-refractivity contribution in [2.24, 2.45) is 5.73 Å². The molecule has 1 amide bonds. The summed E-state index contributed by atoms with van der Waals surface area (Å²) in [5.41, 5.74) is -4.73. The Bertz CT molecular complexity index is 1900. The van der Waals surface area contributed by atoms with Crippen molar-refractivity contribution in [2.75, 3.05) is 21.3 Å². The van der Waals surface area contributed by atoms with Gasteiger partial charge in [-0.25, -0.2) is 0 Å². The third kappa shape index (κ3) is 4.32. The number of primary amides is 1. The lowest BCUT2D eigenvalue weighted by Gasteiger charge is -2.52. The van der Waals surface area contributed by atoms with Gasteiger partial charge in [-0.1, -0.05) is 6.07 Å². The van der Waals surface area contributed by atoms with Gasteiger partial charge in [0.25, 0.3) is 5.91 Å². The van der Waals surface area contributed by atoms with E-state index in [1.807, 2.05) is 0 Å². The number of aliphatic hydroxyl groups is 3. The van der Waals surface area contributed by atoms with E-state index in [1.54, 1.807) is 6.92 Å². The van der Waals surface area contributed by atoms with Gasteiger partial charge in [0.05, 0.1) is 34.6 Å². The van der Waals surface area contributed by atoms with Crippen LogP contribution in [0.2, 0.25) is 0 Å². The van der Waals surface area contributed by atoms with Crippen LogP contribution < -0.4 is 11.1 Å². The lowest BCUT2D eigenvalue weighted by Crippen LogP contribution is -2.73. The molecule has 260 valence electrons. The van der Waals surface area contributed by atoms with E-state index in [-0.39, 0.29) is 16.8 Å². The second-order valence-corrected chi connectivity index (χ2v) is 12.5. The molecule has 1 fully saturated rings. The van der Waals surface area contributed by atoms with Crippen molar-refractivity contribution < 1.29 is 68.5 Å². The molecular formula is C33H34N2O14.